The lowest BCUT2D eigenvalue weighted by atomic mass is 10.1. The topological polar surface area (TPSA) is 43.8 Å². The molecule has 0 aliphatic carbocycles. The summed E-state index contributed by atoms with van der Waals surface area (Å²) < 4.78 is 103. The SMILES string of the molecule is Cc1cc(Cn2nc(C(F)(F)C(F)(F)F)cc2SCC(F)(F)F)ccc1N. The van der Waals surface area contributed by atoms with Crippen LogP contribution in [0.5, 0.6) is 0 Å². The largest absolute Gasteiger partial charge is 0.459 e. The molecule has 0 saturated heterocycles. The Bertz CT molecular complexity index is 810. The van der Waals surface area contributed by atoms with Crippen LogP contribution in [0, 0.1) is 6.92 Å². The molecule has 2 aromatic rings. The number of nitrogens with zero attached hydrogens (tertiary/aromatic N) is 2. The van der Waals surface area contributed by atoms with Crippen LogP contribution in [0.1, 0.15) is 16.8 Å². The smallest absolute Gasteiger partial charge is 0.399 e. The number of nitrogens with two attached hydrogens (primary N) is 1. The molecule has 0 bridgehead atoms. The summed E-state index contributed by atoms with van der Waals surface area (Å²) in [4.78, 5) is 0. The highest BCUT2D eigenvalue weighted by atomic mass is 32.2. The van der Waals surface area contributed by atoms with E-state index >= 15 is 0 Å². The molecule has 0 unspecified atom stereocenters. The Morgan fingerprint density at radius 2 is 1.67 bits per heavy atom. The van der Waals surface area contributed by atoms with Gasteiger partial charge in [-0.25, -0.2) is 0 Å². The van der Waals surface area contributed by atoms with Crippen molar-refractivity contribution in [2.45, 2.75) is 36.8 Å². The molecule has 0 aliphatic rings. The van der Waals surface area contributed by atoms with E-state index in [-0.39, 0.29) is 18.3 Å². The maximum atomic E-state index is 13.5. The summed E-state index contributed by atoms with van der Waals surface area (Å²) in [5, 5.41) is 2.77. The second-order valence-electron chi connectivity index (χ2n) is 5.69. The Labute approximate surface area is 152 Å². The Morgan fingerprint density at radius 3 is 2.19 bits per heavy atom. The lowest BCUT2D eigenvalue weighted by Crippen LogP contribution is -2.34. The molecule has 0 atom stereocenters. The third-order valence-electron chi connectivity index (χ3n) is 3.47. The van der Waals surface area contributed by atoms with Gasteiger partial charge in [-0.05, 0) is 30.2 Å². The van der Waals surface area contributed by atoms with Gasteiger partial charge >= 0.3 is 18.3 Å². The van der Waals surface area contributed by atoms with Crippen LogP contribution in [0.15, 0.2) is 29.3 Å². The van der Waals surface area contributed by atoms with Crippen LogP contribution >= 0.6 is 11.8 Å². The number of aryl methyl sites for hydroxylation is 1. The summed E-state index contributed by atoms with van der Waals surface area (Å²) in [5.41, 5.74) is 5.45. The van der Waals surface area contributed by atoms with Gasteiger partial charge in [-0.3, -0.25) is 4.68 Å². The van der Waals surface area contributed by atoms with Crippen LogP contribution in [-0.2, 0) is 12.5 Å². The molecule has 0 amide bonds. The van der Waals surface area contributed by atoms with E-state index < -0.39 is 34.7 Å². The molecule has 0 radical (unpaired) electrons. The van der Waals surface area contributed by atoms with Crippen LogP contribution in [0.4, 0.5) is 40.8 Å². The molecule has 12 heteroatoms. The molecule has 2 N–H and O–H groups in total. The third-order valence-corrected chi connectivity index (χ3v) is 4.57. The van der Waals surface area contributed by atoms with E-state index in [9.17, 15) is 35.1 Å². The van der Waals surface area contributed by atoms with Gasteiger partial charge in [-0.1, -0.05) is 23.9 Å². The summed E-state index contributed by atoms with van der Waals surface area (Å²) in [6.45, 7) is 1.35. The van der Waals surface area contributed by atoms with Gasteiger partial charge in [0.15, 0.2) is 0 Å². The molecule has 0 saturated carbocycles. The third kappa shape index (κ3) is 5.05. The summed E-state index contributed by atoms with van der Waals surface area (Å²) in [6.07, 6.45) is -10.6. The van der Waals surface area contributed by atoms with Crippen molar-refractivity contribution in [3.05, 3.63) is 41.1 Å². The minimum atomic E-state index is -5.92. The van der Waals surface area contributed by atoms with Crippen molar-refractivity contribution in [1.29, 1.82) is 0 Å². The highest BCUT2D eigenvalue weighted by Gasteiger charge is 2.60. The fraction of sp³-hybridized carbons (Fsp3) is 0.400. The van der Waals surface area contributed by atoms with Crippen molar-refractivity contribution >= 4 is 17.4 Å². The summed E-state index contributed by atoms with van der Waals surface area (Å²) in [7, 11) is 0. The molecule has 0 spiro atoms. The molecule has 27 heavy (non-hydrogen) atoms. The molecule has 1 aromatic heterocycles. The maximum Gasteiger partial charge on any atom is 0.459 e. The minimum Gasteiger partial charge on any atom is -0.399 e. The lowest BCUT2D eigenvalue weighted by Gasteiger charge is -2.16. The molecular weight excluding hydrogens is 406 g/mol. The van der Waals surface area contributed by atoms with Crippen LogP contribution in [-0.4, -0.2) is 27.9 Å². The first kappa shape index (κ1) is 21.3. The van der Waals surface area contributed by atoms with E-state index in [0.29, 0.717) is 27.6 Å². The van der Waals surface area contributed by atoms with Gasteiger partial charge in [0.05, 0.1) is 17.3 Å². The molecule has 1 heterocycles. The van der Waals surface area contributed by atoms with Gasteiger partial charge in [0, 0.05) is 5.69 Å². The highest BCUT2D eigenvalue weighted by molar-refractivity contribution is 7.99. The zero-order valence-corrected chi connectivity index (χ0v) is 14.4. The van der Waals surface area contributed by atoms with E-state index in [1.807, 2.05) is 0 Å². The van der Waals surface area contributed by atoms with Gasteiger partial charge in [0.2, 0.25) is 0 Å². The molecule has 1 aromatic carbocycles. The predicted molar refractivity (Wildman–Crippen MR) is 83.6 cm³/mol. The van der Waals surface area contributed by atoms with Gasteiger partial charge in [-0.15, -0.1) is 0 Å². The Hall–Kier alpha value is -1.98. The number of anilines is 1. The normalized spacial score (nSPS) is 13.2. The quantitative estimate of drug-likeness (QED) is 0.415. The van der Waals surface area contributed by atoms with Crippen LogP contribution in [0.25, 0.3) is 0 Å². The summed E-state index contributed by atoms with van der Waals surface area (Å²) in [5.74, 6) is -6.75. The first-order valence-electron chi connectivity index (χ1n) is 7.28. The first-order valence-corrected chi connectivity index (χ1v) is 8.26. The van der Waals surface area contributed by atoms with Crippen molar-refractivity contribution in [2.24, 2.45) is 0 Å². The minimum absolute atomic E-state index is 0.0782. The van der Waals surface area contributed by atoms with E-state index in [2.05, 4.69) is 5.10 Å². The maximum absolute atomic E-state index is 13.5. The highest BCUT2D eigenvalue weighted by Crippen LogP contribution is 2.44. The van der Waals surface area contributed by atoms with E-state index in [1.165, 1.54) is 18.2 Å². The lowest BCUT2D eigenvalue weighted by molar-refractivity contribution is -0.291. The van der Waals surface area contributed by atoms with Gasteiger partial charge < -0.3 is 5.73 Å². The standard InChI is InChI=1S/C15H13F8N3S/c1-8-4-9(2-3-10(8)24)6-26-12(27-7-13(16,17)18)5-11(25-26)14(19,20)15(21,22)23/h2-5H,6-7,24H2,1H3. The molecule has 3 nitrogen and oxygen atoms in total. The number of halogens is 8. The fourth-order valence-corrected chi connectivity index (χ4v) is 2.85. The van der Waals surface area contributed by atoms with Crippen molar-refractivity contribution in [1.82, 2.24) is 9.78 Å². The first-order chi connectivity index (χ1) is 12.2. The van der Waals surface area contributed by atoms with Gasteiger partial charge in [-0.2, -0.15) is 40.2 Å². The van der Waals surface area contributed by atoms with Crippen molar-refractivity contribution in [3.63, 3.8) is 0 Å². The molecule has 150 valence electrons. The number of thioether (sulfide) groups is 1. The van der Waals surface area contributed by atoms with Crippen molar-refractivity contribution in [2.75, 3.05) is 11.5 Å². The number of hydrogen-bond acceptors (Lipinski definition) is 3. The Morgan fingerprint density at radius 1 is 1.04 bits per heavy atom. The van der Waals surface area contributed by atoms with Crippen LogP contribution in [0.2, 0.25) is 0 Å². The van der Waals surface area contributed by atoms with Crippen molar-refractivity contribution < 1.29 is 35.1 Å². The number of aromatic nitrogens is 2. The second kappa shape index (κ2) is 7.21. The zero-order chi connectivity index (χ0) is 20.6. The van der Waals surface area contributed by atoms with Gasteiger partial charge in [0.25, 0.3) is 0 Å². The second-order valence-corrected chi connectivity index (χ2v) is 6.69. The van der Waals surface area contributed by atoms with E-state index in [1.54, 1.807) is 6.92 Å². The molecule has 0 fully saturated rings. The summed E-state index contributed by atoms with van der Waals surface area (Å²) in [6, 6.07) is 4.83. The number of nitrogen functional groups attached to an aromatic ring is 1. The Kier molecular flexibility index (Phi) is 5.69. The van der Waals surface area contributed by atoms with E-state index in [4.69, 9.17) is 5.73 Å². The molecule has 2 rings (SSSR count). The average Bonchev–Trinajstić information content (AvgIpc) is 2.91. The number of alkyl halides is 8. The zero-order valence-electron chi connectivity index (χ0n) is 13.6. The predicted octanol–water partition coefficient (Wildman–Crippen LogP) is 5.13. The number of rotatable bonds is 5. The number of benzene rings is 1. The summed E-state index contributed by atoms with van der Waals surface area (Å²) >= 11 is 0.0782. The monoisotopic (exact) mass is 419 g/mol. The number of hydrogen-bond donors (Lipinski definition) is 1. The van der Waals surface area contributed by atoms with E-state index in [0.717, 1.165) is 0 Å². The van der Waals surface area contributed by atoms with Gasteiger partial charge in [0.1, 0.15) is 5.69 Å². The fourth-order valence-electron chi connectivity index (χ4n) is 2.09. The molecule has 0 aliphatic heterocycles. The van der Waals surface area contributed by atoms with Crippen LogP contribution < -0.4 is 5.73 Å². The molecular formula is C15H13F8N3S. The van der Waals surface area contributed by atoms with Crippen molar-refractivity contribution in [3.8, 4) is 0 Å². The Balaban J connectivity index is 2.41. The van der Waals surface area contributed by atoms with Crippen LogP contribution in [0.3, 0.4) is 0 Å². The average molecular weight is 419 g/mol.